The van der Waals surface area contributed by atoms with Crippen LogP contribution >= 0.6 is 0 Å². The van der Waals surface area contributed by atoms with Gasteiger partial charge in [-0.1, -0.05) is 18.2 Å². The predicted molar refractivity (Wildman–Crippen MR) is 102 cm³/mol. The lowest BCUT2D eigenvalue weighted by Crippen LogP contribution is -2.30. The molecule has 0 saturated carbocycles. The number of fused-ring (bicyclic) bond motifs is 1. The second kappa shape index (κ2) is 7.82. The van der Waals surface area contributed by atoms with Crippen LogP contribution in [0.1, 0.15) is 29.8 Å². The fourth-order valence-electron chi connectivity index (χ4n) is 2.80. The van der Waals surface area contributed by atoms with Gasteiger partial charge in [-0.2, -0.15) is 0 Å². The first kappa shape index (κ1) is 17.7. The molecule has 0 spiro atoms. The monoisotopic (exact) mass is 350 g/mol. The van der Waals surface area contributed by atoms with Gasteiger partial charge in [0.2, 0.25) is 0 Å². The predicted octanol–water partition coefficient (Wildman–Crippen LogP) is 2.79. The number of amides is 1. The van der Waals surface area contributed by atoms with Crippen LogP contribution in [-0.4, -0.2) is 33.3 Å². The summed E-state index contributed by atoms with van der Waals surface area (Å²) in [6.45, 7) is 5.86. The Morgan fingerprint density at radius 3 is 2.54 bits per heavy atom. The van der Waals surface area contributed by atoms with Gasteiger partial charge in [-0.25, -0.2) is 4.98 Å². The Hall–Kier alpha value is -3.15. The van der Waals surface area contributed by atoms with Crippen LogP contribution in [0.3, 0.4) is 0 Å². The summed E-state index contributed by atoms with van der Waals surface area (Å²) >= 11 is 0. The molecule has 0 unspecified atom stereocenters. The molecule has 1 amide bonds. The molecule has 6 heteroatoms. The fraction of sp³-hybridized carbons (Fsp3) is 0.250. The van der Waals surface area contributed by atoms with Crippen molar-refractivity contribution >= 4 is 17.4 Å². The molecule has 1 aromatic carbocycles. The Balaban J connectivity index is 1.70. The number of benzene rings is 1. The highest BCUT2D eigenvalue weighted by Gasteiger charge is 2.11. The van der Waals surface area contributed by atoms with Gasteiger partial charge in [-0.15, -0.1) is 0 Å². The molecule has 0 saturated heterocycles. The summed E-state index contributed by atoms with van der Waals surface area (Å²) in [4.78, 5) is 30.6. The highest BCUT2D eigenvalue weighted by Crippen LogP contribution is 2.10. The smallest absolute Gasteiger partial charge is 0.259 e. The average molecular weight is 350 g/mol. The molecule has 26 heavy (non-hydrogen) atoms. The van der Waals surface area contributed by atoms with Gasteiger partial charge < -0.3 is 10.2 Å². The molecule has 0 radical (unpaired) electrons. The topological polar surface area (TPSA) is 66.7 Å². The number of rotatable bonds is 6. The first-order valence-electron chi connectivity index (χ1n) is 8.73. The maximum Gasteiger partial charge on any atom is 0.259 e. The quantitative estimate of drug-likeness (QED) is 0.742. The zero-order valence-electron chi connectivity index (χ0n) is 15.0. The third kappa shape index (κ3) is 3.74. The van der Waals surface area contributed by atoms with Crippen LogP contribution in [0.2, 0.25) is 0 Å². The number of nitrogens with zero attached hydrogens (tertiary/aromatic N) is 3. The lowest BCUT2D eigenvalue weighted by atomic mass is 10.1. The minimum atomic E-state index is -0.127. The standard InChI is InChI=1S/C20H22N4O2/c1-3-23(4-2)20(26)16-10-8-15(9-11-16)14-21-17-13-19(25)24-12-6-5-7-18(24)22-17/h5-13,21H,3-4,14H2,1-2H3. The summed E-state index contributed by atoms with van der Waals surface area (Å²) in [6, 6.07) is 14.4. The Kier molecular flexibility index (Phi) is 5.31. The van der Waals surface area contributed by atoms with Crippen LogP contribution in [0.5, 0.6) is 0 Å². The summed E-state index contributed by atoms with van der Waals surface area (Å²) in [5.74, 6) is 0.572. The van der Waals surface area contributed by atoms with Crippen molar-refractivity contribution in [3.63, 3.8) is 0 Å². The van der Waals surface area contributed by atoms with E-state index in [1.807, 2.05) is 44.2 Å². The van der Waals surface area contributed by atoms with E-state index in [-0.39, 0.29) is 11.5 Å². The second-order valence-electron chi connectivity index (χ2n) is 5.94. The van der Waals surface area contributed by atoms with Crippen molar-refractivity contribution in [1.29, 1.82) is 0 Å². The van der Waals surface area contributed by atoms with Gasteiger partial charge in [0.25, 0.3) is 11.5 Å². The molecule has 0 fully saturated rings. The SMILES string of the molecule is CCN(CC)C(=O)c1ccc(CNc2cc(=O)n3ccccc3n2)cc1. The largest absolute Gasteiger partial charge is 0.366 e. The van der Waals surface area contributed by atoms with Crippen molar-refractivity contribution in [1.82, 2.24) is 14.3 Å². The van der Waals surface area contributed by atoms with E-state index in [9.17, 15) is 9.59 Å². The summed E-state index contributed by atoms with van der Waals surface area (Å²) in [5.41, 5.74) is 2.16. The fourth-order valence-corrected chi connectivity index (χ4v) is 2.80. The van der Waals surface area contributed by atoms with E-state index in [2.05, 4.69) is 10.3 Å². The maximum atomic E-state index is 12.3. The number of carbonyl (C=O) groups is 1. The molecule has 2 aromatic heterocycles. The van der Waals surface area contributed by atoms with Gasteiger partial charge in [0.15, 0.2) is 0 Å². The molecule has 6 nitrogen and oxygen atoms in total. The number of aromatic nitrogens is 2. The summed E-state index contributed by atoms with van der Waals surface area (Å²) in [7, 11) is 0. The highest BCUT2D eigenvalue weighted by molar-refractivity contribution is 5.94. The van der Waals surface area contributed by atoms with Gasteiger partial charge in [0.05, 0.1) is 0 Å². The Morgan fingerprint density at radius 1 is 1.12 bits per heavy atom. The number of carbonyl (C=O) groups excluding carboxylic acids is 1. The van der Waals surface area contributed by atoms with Gasteiger partial charge in [0, 0.05) is 37.5 Å². The minimum absolute atomic E-state index is 0.0405. The van der Waals surface area contributed by atoms with Gasteiger partial charge in [-0.05, 0) is 43.7 Å². The van der Waals surface area contributed by atoms with E-state index < -0.39 is 0 Å². The number of hydrogen-bond acceptors (Lipinski definition) is 4. The van der Waals surface area contributed by atoms with Crippen LogP contribution in [0.15, 0.2) is 59.5 Å². The molecule has 134 valence electrons. The Morgan fingerprint density at radius 2 is 1.85 bits per heavy atom. The first-order valence-corrected chi connectivity index (χ1v) is 8.73. The van der Waals surface area contributed by atoms with E-state index >= 15 is 0 Å². The summed E-state index contributed by atoms with van der Waals surface area (Å²) in [6.07, 6.45) is 1.69. The van der Waals surface area contributed by atoms with Crippen molar-refractivity contribution in [2.24, 2.45) is 0 Å². The van der Waals surface area contributed by atoms with Crippen molar-refractivity contribution in [2.45, 2.75) is 20.4 Å². The zero-order chi connectivity index (χ0) is 18.5. The lowest BCUT2D eigenvalue weighted by molar-refractivity contribution is 0.0773. The normalized spacial score (nSPS) is 10.7. The van der Waals surface area contributed by atoms with Gasteiger partial charge in [-0.3, -0.25) is 14.0 Å². The third-order valence-corrected chi connectivity index (χ3v) is 4.30. The molecule has 0 aliphatic heterocycles. The number of pyridine rings is 1. The molecule has 0 bridgehead atoms. The third-order valence-electron chi connectivity index (χ3n) is 4.30. The Labute approximate surface area is 152 Å². The summed E-state index contributed by atoms with van der Waals surface area (Å²) in [5, 5.41) is 3.17. The van der Waals surface area contributed by atoms with E-state index in [0.717, 1.165) is 5.56 Å². The van der Waals surface area contributed by atoms with Crippen LogP contribution < -0.4 is 10.9 Å². The van der Waals surface area contributed by atoms with Crippen molar-refractivity contribution in [3.05, 3.63) is 76.2 Å². The van der Waals surface area contributed by atoms with Crippen LogP contribution in [0.25, 0.3) is 5.65 Å². The highest BCUT2D eigenvalue weighted by atomic mass is 16.2. The molecule has 2 heterocycles. The number of nitrogens with one attached hydrogen (secondary N) is 1. The van der Waals surface area contributed by atoms with Gasteiger partial charge >= 0.3 is 0 Å². The molecule has 3 aromatic rings. The van der Waals surface area contributed by atoms with E-state index in [1.54, 1.807) is 23.2 Å². The molecule has 3 rings (SSSR count). The van der Waals surface area contributed by atoms with Crippen molar-refractivity contribution < 1.29 is 4.79 Å². The van der Waals surface area contributed by atoms with E-state index in [4.69, 9.17) is 0 Å². The molecule has 0 atom stereocenters. The van der Waals surface area contributed by atoms with Gasteiger partial charge in [0.1, 0.15) is 11.5 Å². The van der Waals surface area contributed by atoms with Crippen molar-refractivity contribution in [2.75, 3.05) is 18.4 Å². The summed E-state index contributed by atoms with van der Waals surface area (Å²) < 4.78 is 1.50. The zero-order valence-corrected chi connectivity index (χ0v) is 15.0. The number of anilines is 1. The van der Waals surface area contributed by atoms with Crippen LogP contribution in [-0.2, 0) is 6.54 Å². The van der Waals surface area contributed by atoms with Crippen LogP contribution in [0.4, 0.5) is 5.82 Å². The lowest BCUT2D eigenvalue weighted by Gasteiger charge is -2.18. The Bertz CT molecular complexity index is 959. The molecule has 0 aliphatic rings. The first-order chi connectivity index (χ1) is 12.6. The van der Waals surface area contributed by atoms with E-state index in [0.29, 0.717) is 36.7 Å². The second-order valence-corrected chi connectivity index (χ2v) is 5.94. The number of hydrogen-bond donors (Lipinski definition) is 1. The van der Waals surface area contributed by atoms with E-state index in [1.165, 1.54) is 10.5 Å². The molecular weight excluding hydrogens is 328 g/mol. The maximum absolute atomic E-state index is 12.3. The molecule has 1 N–H and O–H groups in total. The average Bonchev–Trinajstić information content (AvgIpc) is 2.68. The minimum Gasteiger partial charge on any atom is -0.366 e. The molecular formula is C20H22N4O2. The molecule has 0 aliphatic carbocycles. The van der Waals surface area contributed by atoms with Crippen LogP contribution in [0, 0.1) is 0 Å². The van der Waals surface area contributed by atoms with Crippen molar-refractivity contribution in [3.8, 4) is 0 Å².